The number of sulfonamides is 1. The number of likely N-dealkylation sites (tertiary alicyclic amines) is 1. The topological polar surface area (TPSA) is 102 Å². The summed E-state index contributed by atoms with van der Waals surface area (Å²) in [7, 11) is -3.62. The largest absolute Gasteiger partial charge is 0.370 e. The molecule has 1 fully saturated rings. The Hall–Kier alpha value is -1.12. The van der Waals surface area contributed by atoms with E-state index in [1.54, 1.807) is 6.07 Å². The average molecular weight is 316 g/mol. The molecule has 6 nitrogen and oxygen atoms in total. The van der Waals surface area contributed by atoms with Crippen molar-refractivity contribution in [2.24, 2.45) is 21.8 Å². The summed E-state index contributed by atoms with van der Waals surface area (Å²) < 4.78 is 22.5. The predicted molar refractivity (Wildman–Crippen MR) is 81.0 cm³/mol. The Labute approximate surface area is 123 Å². The van der Waals surface area contributed by atoms with Crippen molar-refractivity contribution in [3.05, 3.63) is 17.0 Å². The second-order valence-electron chi connectivity index (χ2n) is 5.13. The highest BCUT2D eigenvalue weighted by molar-refractivity contribution is 7.91. The van der Waals surface area contributed by atoms with Crippen molar-refractivity contribution in [3.8, 4) is 0 Å². The number of rotatable bonds is 3. The highest BCUT2D eigenvalue weighted by Crippen LogP contribution is 2.21. The minimum Gasteiger partial charge on any atom is -0.370 e. The standard InChI is InChI=1S/C12H20N4O2S2/c1-9-3-2-6-16(8-9)12(13)15-7-10-4-5-11(19-10)20(14,17)18/h4-5,9H,2-3,6-8H2,1H3,(H2,13,15)(H2,14,17,18). The Balaban J connectivity index is 1.99. The molecule has 2 heterocycles. The van der Waals surface area contributed by atoms with Gasteiger partial charge in [0.15, 0.2) is 5.96 Å². The molecule has 1 aromatic rings. The first-order valence-electron chi connectivity index (χ1n) is 6.52. The molecule has 0 spiro atoms. The van der Waals surface area contributed by atoms with Gasteiger partial charge in [-0.25, -0.2) is 18.5 Å². The summed E-state index contributed by atoms with van der Waals surface area (Å²) in [6.45, 7) is 4.46. The van der Waals surface area contributed by atoms with E-state index in [0.717, 1.165) is 35.7 Å². The molecule has 112 valence electrons. The minimum absolute atomic E-state index is 0.160. The smallest absolute Gasteiger partial charge is 0.247 e. The zero-order chi connectivity index (χ0) is 14.8. The Morgan fingerprint density at radius 2 is 2.30 bits per heavy atom. The summed E-state index contributed by atoms with van der Waals surface area (Å²) in [6.07, 6.45) is 2.36. The maximum atomic E-state index is 11.2. The number of thiophene rings is 1. The van der Waals surface area contributed by atoms with E-state index in [4.69, 9.17) is 10.9 Å². The van der Waals surface area contributed by atoms with Crippen molar-refractivity contribution in [1.29, 1.82) is 0 Å². The van der Waals surface area contributed by atoms with Gasteiger partial charge in [0.25, 0.3) is 0 Å². The van der Waals surface area contributed by atoms with Crippen LogP contribution in [-0.4, -0.2) is 32.4 Å². The first kappa shape index (κ1) is 15.3. The summed E-state index contributed by atoms with van der Waals surface area (Å²) in [4.78, 5) is 7.26. The molecule has 0 saturated carbocycles. The van der Waals surface area contributed by atoms with Crippen LogP contribution < -0.4 is 10.9 Å². The number of piperidine rings is 1. The van der Waals surface area contributed by atoms with E-state index in [-0.39, 0.29) is 4.21 Å². The normalized spacial score (nSPS) is 21.2. The van der Waals surface area contributed by atoms with Crippen LogP contribution in [0, 0.1) is 5.92 Å². The molecule has 1 atom stereocenters. The van der Waals surface area contributed by atoms with E-state index in [2.05, 4.69) is 16.8 Å². The van der Waals surface area contributed by atoms with Gasteiger partial charge in [0.2, 0.25) is 10.0 Å². The second kappa shape index (κ2) is 6.11. The van der Waals surface area contributed by atoms with Crippen LogP contribution in [-0.2, 0) is 16.6 Å². The van der Waals surface area contributed by atoms with Gasteiger partial charge in [-0.05, 0) is 30.9 Å². The van der Waals surface area contributed by atoms with E-state index in [1.807, 2.05) is 0 Å². The van der Waals surface area contributed by atoms with E-state index in [9.17, 15) is 8.42 Å². The lowest BCUT2D eigenvalue weighted by molar-refractivity contribution is 0.270. The maximum Gasteiger partial charge on any atom is 0.247 e. The third-order valence-electron chi connectivity index (χ3n) is 3.30. The number of hydrogen-bond donors (Lipinski definition) is 2. The highest BCUT2D eigenvalue weighted by Gasteiger charge is 2.17. The van der Waals surface area contributed by atoms with Crippen molar-refractivity contribution in [2.45, 2.75) is 30.5 Å². The van der Waals surface area contributed by atoms with Crippen molar-refractivity contribution >= 4 is 27.3 Å². The summed E-state index contributed by atoms with van der Waals surface area (Å²) in [5.41, 5.74) is 5.99. The highest BCUT2D eigenvalue weighted by atomic mass is 32.2. The molecule has 20 heavy (non-hydrogen) atoms. The summed E-state index contributed by atoms with van der Waals surface area (Å²) in [5, 5.41) is 5.07. The van der Waals surface area contributed by atoms with Crippen molar-refractivity contribution in [1.82, 2.24) is 4.90 Å². The lowest BCUT2D eigenvalue weighted by Gasteiger charge is -2.31. The molecular formula is C12H20N4O2S2. The van der Waals surface area contributed by atoms with Gasteiger partial charge in [-0.15, -0.1) is 11.3 Å². The van der Waals surface area contributed by atoms with Crippen LogP contribution in [0.2, 0.25) is 0 Å². The van der Waals surface area contributed by atoms with Crippen LogP contribution in [0.25, 0.3) is 0 Å². The second-order valence-corrected chi connectivity index (χ2v) is 8.09. The van der Waals surface area contributed by atoms with E-state index >= 15 is 0 Å². The van der Waals surface area contributed by atoms with Gasteiger partial charge in [0, 0.05) is 18.0 Å². The Morgan fingerprint density at radius 1 is 1.55 bits per heavy atom. The number of aliphatic imine (C=N–C) groups is 1. The summed E-state index contributed by atoms with van der Waals surface area (Å²) in [5.74, 6) is 1.16. The zero-order valence-corrected chi connectivity index (χ0v) is 13.1. The molecule has 0 bridgehead atoms. The van der Waals surface area contributed by atoms with Crippen LogP contribution in [0.5, 0.6) is 0 Å². The molecule has 2 rings (SSSR count). The molecule has 8 heteroatoms. The Morgan fingerprint density at radius 3 is 2.90 bits per heavy atom. The minimum atomic E-state index is -3.62. The van der Waals surface area contributed by atoms with Gasteiger partial charge >= 0.3 is 0 Å². The number of nitrogens with two attached hydrogens (primary N) is 2. The molecule has 0 radical (unpaired) electrons. The molecule has 1 aliphatic rings. The SMILES string of the molecule is CC1CCCN(C(N)=NCc2ccc(S(N)(=O)=O)s2)C1. The van der Waals surface area contributed by atoms with Crippen molar-refractivity contribution in [2.75, 3.05) is 13.1 Å². The van der Waals surface area contributed by atoms with Crippen LogP contribution in [0.4, 0.5) is 0 Å². The number of primary sulfonamides is 1. The fraction of sp³-hybridized carbons (Fsp3) is 0.583. The Bertz CT molecular complexity index is 594. The van der Waals surface area contributed by atoms with Gasteiger partial charge < -0.3 is 10.6 Å². The molecule has 0 aromatic carbocycles. The molecule has 1 aliphatic heterocycles. The lowest BCUT2D eigenvalue weighted by Crippen LogP contribution is -2.43. The van der Waals surface area contributed by atoms with Crippen molar-refractivity contribution in [3.63, 3.8) is 0 Å². The lowest BCUT2D eigenvalue weighted by atomic mass is 10.0. The third-order valence-corrected chi connectivity index (χ3v) is 5.80. The van der Waals surface area contributed by atoms with Gasteiger partial charge in [0.05, 0.1) is 6.54 Å². The molecule has 1 aromatic heterocycles. The fourth-order valence-corrected chi connectivity index (χ4v) is 3.96. The predicted octanol–water partition coefficient (Wildman–Crippen LogP) is 0.942. The first-order valence-corrected chi connectivity index (χ1v) is 8.89. The molecule has 1 unspecified atom stereocenters. The number of guanidine groups is 1. The molecule has 0 aliphatic carbocycles. The van der Waals surface area contributed by atoms with Crippen LogP contribution in [0.3, 0.4) is 0 Å². The Kier molecular flexibility index (Phi) is 4.66. The van der Waals surface area contributed by atoms with Gasteiger partial charge in [-0.3, -0.25) is 0 Å². The number of hydrogen-bond acceptors (Lipinski definition) is 4. The molecule has 4 N–H and O–H groups in total. The summed E-state index contributed by atoms with van der Waals surface area (Å²) >= 11 is 1.13. The van der Waals surface area contributed by atoms with Gasteiger partial charge in [-0.1, -0.05) is 6.92 Å². The molecule has 0 amide bonds. The molecular weight excluding hydrogens is 296 g/mol. The maximum absolute atomic E-state index is 11.2. The number of nitrogens with zero attached hydrogens (tertiary/aromatic N) is 2. The van der Waals surface area contributed by atoms with Gasteiger partial charge in [0.1, 0.15) is 4.21 Å². The molecule has 1 saturated heterocycles. The van der Waals surface area contributed by atoms with Crippen molar-refractivity contribution < 1.29 is 8.42 Å². The third kappa shape index (κ3) is 3.94. The van der Waals surface area contributed by atoms with Gasteiger partial charge in [-0.2, -0.15) is 0 Å². The fourth-order valence-electron chi connectivity index (χ4n) is 2.25. The van der Waals surface area contributed by atoms with Crippen LogP contribution >= 0.6 is 11.3 Å². The summed E-state index contributed by atoms with van der Waals surface area (Å²) in [6, 6.07) is 3.23. The first-order chi connectivity index (χ1) is 9.36. The van der Waals surface area contributed by atoms with E-state index in [0.29, 0.717) is 18.4 Å². The van der Waals surface area contributed by atoms with Crippen LogP contribution in [0.1, 0.15) is 24.6 Å². The van der Waals surface area contributed by atoms with E-state index in [1.165, 1.54) is 12.5 Å². The van der Waals surface area contributed by atoms with Crippen LogP contribution in [0.15, 0.2) is 21.3 Å². The quantitative estimate of drug-likeness (QED) is 0.640. The average Bonchev–Trinajstić information content (AvgIpc) is 2.84. The zero-order valence-electron chi connectivity index (χ0n) is 11.4. The van der Waals surface area contributed by atoms with E-state index < -0.39 is 10.0 Å². The monoisotopic (exact) mass is 316 g/mol.